The van der Waals surface area contributed by atoms with Gasteiger partial charge >= 0.3 is 0 Å². The monoisotopic (exact) mass is 376 g/mol. The van der Waals surface area contributed by atoms with E-state index in [1.54, 1.807) is 6.20 Å². The predicted molar refractivity (Wildman–Crippen MR) is 96.9 cm³/mol. The van der Waals surface area contributed by atoms with Crippen molar-refractivity contribution in [1.82, 2.24) is 14.9 Å². The lowest BCUT2D eigenvalue weighted by Crippen LogP contribution is -2.37. The second-order valence-electron chi connectivity index (χ2n) is 7.27. The smallest absolute Gasteiger partial charge is 0.230 e. The third-order valence-electron chi connectivity index (χ3n) is 4.99. The summed E-state index contributed by atoms with van der Waals surface area (Å²) in [6.45, 7) is 6.70. The van der Waals surface area contributed by atoms with E-state index < -0.39 is 5.95 Å². The molecule has 26 heavy (non-hydrogen) atoms. The van der Waals surface area contributed by atoms with Crippen LogP contribution in [-0.4, -0.2) is 39.0 Å². The zero-order valence-corrected chi connectivity index (χ0v) is 15.8. The molecule has 0 aromatic carbocycles. The number of carbonyl (C=O) groups is 1. The van der Waals surface area contributed by atoms with Gasteiger partial charge in [-0.1, -0.05) is 11.3 Å². The number of amides is 1. The van der Waals surface area contributed by atoms with Crippen molar-refractivity contribution in [1.29, 1.82) is 0 Å². The van der Waals surface area contributed by atoms with Crippen molar-refractivity contribution in [3.05, 3.63) is 34.3 Å². The molecule has 0 bridgehead atoms. The van der Waals surface area contributed by atoms with E-state index in [0.717, 1.165) is 30.8 Å². The number of likely N-dealkylation sites (tertiary alicyclic amines) is 1. The maximum atomic E-state index is 14.2. The topological polar surface area (TPSA) is 67.4 Å². The van der Waals surface area contributed by atoms with E-state index >= 15 is 0 Å². The summed E-state index contributed by atoms with van der Waals surface area (Å²) in [6, 6.07) is 2.35. The summed E-state index contributed by atoms with van der Waals surface area (Å²) < 4.78 is 20.4. The van der Waals surface area contributed by atoms with Gasteiger partial charge in [0.05, 0.1) is 11.1 Å². The van der Waals surface area contributed by atoms with E-state index in [-0.39, 0.29) is 17.6 Å². The number of carbonyl (C=O) groups excluding carboxylic acids is 1. The molecule has 2 aliphatic rings. The van der Waals surface area contributed by atoms with Gasteiger partial charge in [-0.2, -0.15) is 9.37 Å². The number of hydrogen-bond acceptors (Lipinski definition) is 6. The predicted octanol–water partition coefficient (Wildman–Crippen LogP) is 2.91. The number of anilines is 1. The third-order valence-corrected chi connectivity index (χ3v) is 5.92. The van der Waals surface area contributed by atoms with Crippen molar-refractivity contribution in [3.8, 4) is 5.75 Å². The zero-order valence-electron chi connectivity index (χ0n) is 15.0. The molecule has 2 atom stereocenters. The fourth-order valence-electron chi connectivity index (χ4n) is 3.94. The molecule has 8 heteroatoms. The number of aryl methyl sites for hydroxylation is 1. The molecule has 1 saturated heterocycles. The molecule has 4 rings (SSSR count). The highest BCUT2D eigenvalue weighted by molar-refractivity contribution is 7.15. The molecule has 2 aromatic rings. The summed E-state index contributed by atoms with van der Waals surface area (Å²) in [6.07, 6.45) is 3.55. The minimum Gasteiger partial charge on any atom is -0.484 e. The molecule has 0 unspecified atom stereocenters. The molecule has 1 amide bonds. The van der Waals surface area contributed by atoms with Crippen molar-refractivity contribution in [3.63, 3.8) is 0 Å². The molecule has 0 aliphatic carbocycles. The Balaban J connectivity index is 1.49. The largest absolute Gasteiger partial charge is 0.484 e. The molecular formula is C18H21FN4O2S. The fraction of sp³-hybridized carbons (Fsp3) is 0.500. The molecule has 138 valence electrons. The molecule has 0 saturated carbocycles. The van der Waals surface area contributed by atoms with Crippen LogP contribution in [0, 0.1) is 12.9 Å². The van der Waals surface area contributed by atoms with Crippen LogP contribution >= 0.6 is 11.3 Å². The van der Waals surface area contributed by atoms with Gasteiger partial charge in [0.15, 0.2) is 5.13 Å². The highest BCUT2D eigenvalue weighted by Gasteiger charge is 2.48. The highest BCUT2D eigenvalue weighted by atomic mass is 32.1. The number of nitrogens with one attached hydrogen (secondary N) is 1. The zero-order chi connectivity index (χ0) is 18.5. The van der Waals surface area contributed by atoms with Crippen LogP contribution in [0.25, 0.3) is 0 Å². The Morgan fingerprint density at radius 3 is 3.15 bits per heavy atom. The van der Waals surface area contributed by atoms with Gasteiger partial charge in [-0.15, -0.1) is 0 Å². The Kier molecular flexibility index (Phi) is 4.19. The molecule has 4 heterocycles. The van der Waals surface area contributed by atoms with Crippen LogP contribution in [0.2, 0.25) is 0 Å². The van der Waals surface area contributed by atoms with Crippen LogP contribution in [0.5, 0.6) is 5.75 Å². The summed E-state index contributed by atoms with van der Waals surface area (Å²) in [5, 5.41) is 2.85. The summed E-state index contributed by atoms with van der Waals surface area (Å²) >= 11 is 1.19. The van der Waals surface area contributed by atoms with E-state index in [0.29, 0.717) is 16.6 Å². The van der Waals surface area contributed by atoms with Gasteiger partial charge in [0.25, 0.3) is 0 Å². The Bertz CT molecular complexity index is 871. The van der Waals surface area contributed by atoms with Gasteiger partial charge < -0.3 is 10.1 Å². The van der Waals surface area contributed by atoms with Crippen LogP contribution < -0.4 is 10.1 Å². The lowest BCUT2D eigenvalue weighted by molar-refractivity contribution is -0.114. The molecule has 2 aromatic heterocycles. The van der Waals surface area contributed by atoms with Crippen molar-refractivity contribution < 1.29 is 13.9 Å². The number of nitrogens with zero attached hydrogens (tertiary/aromatic N) is 3. The first kappa shape index (κ1) is 17.4. The van der Waals surface area contributed by atoms with E-state index in [9.17, 15) is 9.18 Å². The first-order chi connectivity index (χ1) is 12.3. The van der Waals surface area contributed by atoms with E-state index in [2.05, 4.69) is 33.2 Å². The van der Waals surface area contributed by atoms with E-state index in [1.807, 2.05) is 6.92 Å². The van der Waals surface area contributed by atoms with Gasteiger partial charge in [-0.3, -0.25) is 14.7 Å². The lowest BCUT2D eigenvalue weighted by atomic mass is 9.95. The standard InChI is InChI=1S/C18H21FN4O2S/c1-10-4-13-6-18(25-14(13)7-20-10)5-11(2)23(9-18)8-15-16(19)22-17(26-15)21-12(3)24/h4,7,11H,5-6,8-9H2,1-3H3,(H,21,22,24)/t11-,18-/m0/s1. The Labute approximate surface area is 155 Å². The van der Waals surface area contributed by atoms with Gasteiger partial charge in [0, 0.05) is 50.2 Å². The molecule has 6 nitrogen and oxygen atoms in total. The Morgan fingerprint density at radius 1 is 1.58 bits per heavy atom. The van der Waals surface area contributed by atoms with Gasteiger partial charge in [0.1, 0.15) is 11.4 Å². The average molecular weight is 376 g/mol. The van der Waals surface area contributed by atoms with Crippen LogP contribution in [0.3, 0.4) is 0 Å². The SMILES string of the molecule is CC(=O)Nc1nc(F)c(CN2C[C@@]3(Cc4cc(C)ncc4O3)C[C@@H]2C)s1. The molecule has 2 aliphatic heterocycles. The first-order valence-corrected chi connectivity index (χ1v) is 9.47. The number of ether oxygens (including phenoxy) is 1. The molecular weight excluding hydrogens is 355 g/mol. The normalized spacial score (nSPS) is 24.7. The number of halogens is 1. The number of hydrogen-bond donors (Lipinski definition) is 1. The van der Waals surface area contributed by atoms with Crippen molar-refractivity contribution in [2.75, 3.05) is 11.9 Å². The summed E-state index contributed by atoms with van der Waals surface area (Å²) in [4.78, 5) is 22.0. The minimum atomic E-state index is -0.512. The first-order valence-electron chi connectivity index (χ1n) is 8.65. The molecule has 1 fully saturated rings. The summed E-state index contributed by atoms with van der Waals surface area (Å²) in [5.41, 5.74) is 1.92. The Morgan fingerprint density at radius 2 is 2.38 bits per heavy atom. The maximum Gasteiger partial charge on any atom is 0.230 e. The van der Waals surface area contributed by atoms with Gasteiger partial charge in [0.2, 0.25) is 11.9 Å². The van der Waals surface area contributed by atoms with Crippen LogP contribution in [0.4, 0.5) is 9.52 Å². The van der Waals surface area contributed by atoms with E-state index in [4.69, 9.17) is 4.74 Å². The Hall–Kier alpha value is -2.06. The van der Waals surface area contributed by atoms with E-state index in [1.165, 1.54) is 23.8 Å². The quantitative estimate of drug-likeness (QED) is 0.892. The maximum absolute atomic E-state index is 14.2. The number of rotatable bonds is 3. The second-order valence-corrected chi connectivity index (χ2v) is 8.35. The van der Waals surface area contributed by atoms with Crippen molar-refractivity contribution in [2.45, 2.75) is 51.8 Å². The number of fused-ring (bicyclic) bond motifs is 1. The lowest BCUT2D eigenvalue weighted by Gasteiger charge is -2.23. The number of pyridine rings is 1. The third kappa shape index (κ3) is 3.19. The number of aromatic nitrogens is 2. The average Bonchev–Trinajstić information content (AvgIpc) is 3.15. The highest BCUT2D eigenvalue weighted by Crippen LogP contribution is 2.43. The van der Waals surface area contributed by atoms with Crippen molar-refractivity contribution in [2.24, 2.45) is 0 Å². The van der Waals surface area contributed by atoms with Crippen LogP contribution in [0.15, 0.2) is 12.3 Å². The second kappa shape index (κ2) is 6.28. The van der Waals surface area contributed by atoms with Crippen LogP contribution in [0.1, 0.15) is 36.4 Å². The number of thiazole rings is 1. The minimum absolute atomic E-state index is 0.250. The molecule has 1 spiro atoms. The van der Waals surface area contributed by atoms with Crippen LogP contribution in [-0.2, 0) is 17.8 Å². The molecule has 1 N–H and O–H groups in total. The summed E-state index contributed by atoms with van der Waals surface area (Å²) in [5.74, 6) is 0.101. The van der Waals surface area contributed by atoms with Gasteiger partial charge in [-0.25, -0.2) is 0 Å². The van der Waals surface area contributed by atoms with Gasteiger partial charge in [-0.05, 0) is 19.9 Å². The van der Waals surface area contributed by atoms with Crippen molar-refractivity contribution >= 4 is 22.4 Å². The molecule has 0 radical (unpaired) electrons. The summed E-state index contributed by atoms with van der Waals surface area (Å²) in [7, 11) is 0. The fourth-order valence-corrected chi connectivity index (χ4v) is 4.86.